The predicted molar refractivity (Wildman–Crippen MR) is 128 cm³/mol. The molecule has 0 bridgehead atoms. The molecular formula is C28H30N2O2. The minimum absolute atomic E-state index is 0.376. The summed E-state index contributed by atoms with van der Waals surface area (Å²) in [5, 5.41) is 9.45. The molecule has 4 nitrogen and oxygen atoms in total. The molecule has 1 aromatic heterocycles. The highest BCUT2D eigenvalue weighted by molar-refractivity contribution is 5.89. The molecular weight excluding hydrogens is 396 g/mol. The zero-order valence-electron chi connectivity index (χ0n) is 18.6. The molecule has 164 valence electrons. The Balaban J connectivity index is 1.31. The van der Waals surface area contributed by atoms with Crippen LogP contribution in [0, 0.1) is 0 Å². The first-order valence-electron chi connectivity index (χ1n) is 11.7. The molecule has 1 N–H and O–H groups in total. The standard InChI is InChI=1S/C28H30N2O2/c1-30(24-11-9-20(10-12-24)19-5-6-19)25-13-14-26-21(3-2-4-22(26)17-25)7-8-23-18-29-16-15-27(23)28(31)32/h9-19,21H,2-8H2,1H3,(H,31,32)/t21-/m0/s1. The number of rotatable bonds is 7. The number of aromatic nitrogens is 1. The quantitative estimate of drug-likeness (QED) is 0.470. The third-order valence-electron chi connectivity index (χ3n) is 7.18. The second-order valence-electron chi connectivity index (χ2n) is 9.27. The summed E-state index contributed by atoms with van der Waals surface area (Å²) in [6, 6.07) is 17.5. The number of nitrogens with zero attached hydrogens (tertiary/aromatic N) is 2. The van der Waals surface area contributed by atoms with E-state index in [1.165, 1.54) is 47.3 Å². The van der Waals surface area contributed by atoms with Crippen molar-refractivity contribution >= 4 is 17.3 Å². The number of aryl methyl sites for hydroxylation is 2. The van der Waals surface area contributed by atoms with E-state index in [-0.39, 0.29) is 0 Å². The van der Waals surface area contributed by atoms with Gasteiger partial charge in [0.05, 0.1) is 5.56 Å². The van der Waals surface area contributed by atoms with Crippen molar-refractivity contribution in [2.24, 2.45) is 0 Å². The van der Waals surface area contributed by atoms with Crippen molar-refractivity contribution in [1.29, 1.82) is 0 Å². The van der Waals surface area contributed by atoms with Crippen LogP contribution in [-0.4, -0.2) is 23.1 Å². The van der Waals surface area contributed by atoms with Crippen LogP contribution in [0.15, 0.2) is 60.9 Å². The van der Waals surface area contributed by atoms with Crippen LogP contribution in [0.2, 0.25) is 0 Å². The van der Waals surface area contributed by atoms with E-state index in [0.29, 0.717) is 11.5 Å². The van der Waals surface area contributed by atoms with Crippen molar-refractivity contribution in [3.05, 3.63) is 88.7 Å². The van der Waals surface area contributed by atoms with Crippen molar-refractivity contribution < 1.29 is 9.90 Å². The fourth-order valence-corrected chi connectivity index (χ4v) is 5.11. The van der Waals surface area contributed by atoms with E-state index >= 15 is 0 Å². The van der Waals surface area contributed by atoms with Gasteiger partial charge in [-0.3, -0.25) is 4.98 Å². The first-order valence-corrected chi connectivity index (χ1v) is 11.7. The molecule has 0 radical (unpaired) electrons. The summed E-state index contributed by atoms with van der Waals surface area (Å²) in [5.74, 6) is 0.385. The van der Waals surface area contributed by atoms with Gasteiger partial charge >= 0.3 is 5.97 Å². The Labute approximate surface area is 189 Å². The van der Waals surface area contributed by atoms with E-state index in [0.717, 1.165) is 37.2 Å². The molecule has 0 aliphatic heterocycles. The largest absolute Gasteiger partial charge is 0.478 e. The smallest absolute Gasteiger partial charge is 0.336 e. The van der Waals surface area contributed by atoms with Gasteiger partial charge in [-0.2, -0.15) is 0 Å². The number of pyridine rings is 1. The number of carboxylic acids is 1. The topological polar surface area (TPSA) is 53.4 Å². The highest BCUT2D eigenvalue weighted by atomic mass is 16.4. The van der Waals surface area contributed by atoms with Crippen LogP contribution in [0.1, 0.15) is 76.6 Å². The zero-order valence-corrected chi connectivity index (χ0v) is 18.6. The molecule has 0 spiro atoms. The van der Waals surface area contributed by atoms with Crippen molar-refractivity contribution in [1.82, 2.24) is 4.98 Å². The van der Waals surface area contributed by atoms with Crippen molar-refractivity contribution in [2.45, 2.75) is 56.8 Å². The van der Waals surface area contributed by atoms with Gasteiger partial charge in [-0.1, -0.05) is 18.2 Å². The van der Waals surface area contributed by atoms with Gasteiger partial charge in [0, 0.05) is 30.8 Å². The Hall–Kier alpha value is -3.14. The molecule has 2 aromatic carbocycles. The lowest BCUT2D eigenvalue weighted by Gasteiger charge is -2.28. The van der Waals surface area contributed by atoms with E-state index in [2.05, 4.69) is 59.4 Å². The van der Waals surface area contributed by atoms with Gasteiger partial charge in [-0.05, 0) is 109 Å². The van der Waals surface area contributed by atoms with Gasteiger partial charge in [-0.25, -0.2) is 4.79 Å². The summed E-state index contributed by atoms with van der Waals surface area (Å²) in [6.45, 7) is 0. The number of carboxylic acid groups (broad SMARTS) is 1. The van der Waals surface area contributed by atoms with Gasteiger partial charge in [0.2, 0.25) is 0 Å². The molecule has 32 heavy (non-hydrogen) atoms. The number of hydrogen-bond acceptors (Lipinski definition) is 3. The van der Waals surface area contributed by atoms with Crippen LogP contribution >= 0.6 is 0 Å². The van der Waals surface area contributed by atoms with E-state index in [4.69, 9.17) is 0 Å². The molecule has 2 aliphatic rings. The van der Waals surface area contributed by atoms with Crippen LogP contribution in [0.25, 0.3) is 0 Å². The Bertz CT molecular complexity index is 1120. The summed E-state index contributed by atoms with van der Waals surface area (Å²) < 4.78 is 0. The van der Waals surface area contributed by atoms with E-state index < -0.39 is 5.97 Å². The Morgan fingerprint density at radius 2 is 1.84 bits per heavy atom. The van der Waals surface area contributed by atoms with Crippen LogP contribution in [-0.2, 0) is 12.8 Å². The summed E-state index contributed by atoms with van der Waals surface area (Å²) >= 11 is 0. The third kappa shape index (κ3) is 4.27. The molecule has 0 unspecified atom stereocenters. The molecule has 2 aliphatic carbocycles. The molecule has 5 rings (SSSR count). The highest BCUT2D eigenvalue weighted by Crippen LogP contribution is 2.41. The maximum Gasteiger partial charge on any atom is 0.336 e. The lowest BCUT2D eigenvalue weighted by atomic mass is 9.79. The van der Waals surface area contributed by atoms with Crippen LogP contribution in [0.4, 0.5) is 11.4 Å². The van der Waals surface area contributed by atoms with Crippen LogP contribution in [0.3, 0.4) is 0 Å². The van der Waals surface area contributed by atoms with Gasteiger partial charge in [0.1, 0.15) is 0 Å². The maximum atomic E-state index is 11.5. The second kappa shape index (κ2) is 8.78. The molecule has 1 fully saturated rings. The summed E-state index contributed by atoms with van der Waals surface area (Å²) in [5.41, 5.74) is 7.99. The molecule has 1 saturated carbocycles. The van der Waals surface area contributed by atoms with Crippen molar-refractivity contribution in [3.63, 3.8) is 0 Å². The van der Waals surface area contributed by atoms with Gasteiger partial charge < -0.3 is 10.0 Å². The van der Waals surface area contributed by atoms with E-state index in [9.17, 15) is 9.90 Å². The SMILES string of the molecule is CN(c1ccc(C2CC2)cc1)c1ccc2c(c1)CCC[C@H]2CCc1cnccc1C(=O)O. The third-order valence-corrected chi connectivity index (χ3v) is 7.18. The van der Waals surface area contributed by atoms with Crippen LogP contribution in [0.5, 0.6) is 0 Å². The highest BCUT2D eigenvalue weighted by Gasteiger charge is 2.24. The first kappa shape index (κ1) is 20.7. The molecule has 4 heteroatoms. The fourth-order valence-electron chi connectivity index (χ4n) is 5.11. The number of carbonyl (C=O) groups is 1. The van der Waals surface area contributed by atoms with Crippen molar-refractivity contribution in [2.75, 3.05) is 11.9 Å². The zero-order chi connectivity index (χ0) is 22.1. The molecule has 0 saturated heterocycles. The van der Waals surface area contributed by atoms with Crippen molar-refractivity contribution in [3.8, 4) is 0 Å². The monoisotopic (exact) mass is 426 g/mol. The number of hydrogen-bond donors (Lipinski definition) is 1. The fraction of sp³-hybridized carbons (Fsp3) is 0.357. The normalized spacial score (nSPS) is 17.6. The average Bonchev–Trinajstić information content (AvgIpc) is 3.68. The van der Waals surface area contributed by atoms with Gasteiger partial charge in [0.25, 0.3) is 0 Å². The summed E-state index contributed by atoms with van der Waals surface area (Å²) in [7, 11) is 2.14. The minimum Gasteiger partial charge on any atom is -0.478 e. The number of fused-ring (bicyclic) bond motifs is 1. The Morgan fingerprint density at radius 3 is 2.59 bits per heavy atom. The molecule has 1 atom stereocenters. The van der Waals surface area contributed by atoms with Crippen LogP contribution < -0.4 is 4.90 Å². The first-order chi connectivity index (χ1) is 15.6. The predicted octanol–water partition coefficient (Wildman–Crippen LogP) is 6.48. The van der Waals surface area contributed by atoms with E-state index in [1.807, 2.05) is 0 Å². The van der Waals surface area contributed by atoms with E-state index in [1.54, 1.807) is 18.5 Å². The lowest BCUT2D eigenvalue weighted by molar-refractivity contribution is 0.0695. The molecule has 0 amide bonds. The number of benzene rings is 2. The second-order valence-corrected chi connectivity index (χ2v) is 9.27. The molecule has 1 heterocycles. The minimum atomic E-state index is -0.871. The van der Waals surface area contributed by atoms with Gasteiger partial charge in [-0.15, -0.1) is 0 Å². The number of aromatic carboxylic acids is 1. The number of anilines is 2. The average molecular weight is 427 g/mol. The summed E-state index contributed by atoms with van der Waals surface area (Å²) in [6.07, 6.45) is 11.1. The van der Waals surface area contributed by atoms with Gasteiger partial charge in [0.15, 0.2) is 0 Å². The summed E-state index contributed by atoms with van der Waals surface area (Å²) in [4.78, 5) is 17.9. The molecule has 3 aromatic rings. The maximum absolute atomic E-state index is 11.5. The Morgan fingerprint density at radius 1 is 1.06 bits per heavy atom. The lowest BCUT2D eigenvalue weighted by Crippen LogP contribution is -2.14. The Kier molecular flexibility index (Phi) is 5.69.